The lowest BCUT2D eigenvalue weighted by Crippen LogP contribution is -2.31. The van der Waals surface area contributed by atoms with Crippen LogP contribution >= 0.6 is 11.6 Å². The van der Waals surface area contributed by atoms with E-state index in [1.807, 2.05) is 37.2 Å². The Labute approximate surface area is 212 Å². The van der Waals surface area contributed by atoms with Crippen LogP contribution in [0, 0.1) is 5.82 Å². The monoisotopic (exact) mass is 506 g/mol. The Kier molecular flexibility index (Phi) is 7.72. The molecule has 2 aromatic carbocycles. The van der Waals surface area contributed by atoms with Crippen molar-refractivity contribution in [2.45, 2.75) is 0 Å². The number of benzene rings is 2. The van der Waals surface area contributed by atoms with Crippen LogP contribution in [0.15, 0.2) is 72.9 Å². The number of nitrogens with one attached hydrogen (secondary N) is 2. The minimum atomic E-state index is -0.596. The highest BCUT2D eigenvalue weighted by atomic mass is 35.5. The summed E-state index contributed by atoms with van der Waals surface area (Å²) in [5, 5.41) is 9.91. The first kappa shape index (κ1) is 25.0. The lowest BCUT2D eigenvalue weighted by Gasteiger charge is -2.11. The molecule has 0 unspecified atom stereocenters. The van der Waals surface area contributed by atoms with Gasteiger partial charge >= 0.3 is 0 Å². The largest absolute Gasteiger partial charge is 0.349 e. The van der Waals surface area contributed by atoms with Crippen molar-refractivity contribution in [3.8, 4) is 16.9 Å². The minimum Gasteiger partial charge on any atom is -0.349 e. The van der Waals surface area contributed by atoms with E-state index in [4.69, 9.17) is 11.6 Å². The molecule has 0 atom stereocenters. The number of carbonyl (C=O) groups is 2. The van der Waals surface area contributed by atoms with Crippen LogP contribution in [0.3, 0.4) is 0 Å². The fraction of sp³-hybridized carbons (Fsp3) is 0.154. The second-order valence-electron chi connectivity index (χ2n) is 8.20. The normalized spacial score (nSPS) is 10.9. The molecule has 8 nitrogen and oxygen atoms in total. The summed E-state index contributed by atoms with van der Waals surface area (Å²) >= 11 is 6.23. The predicted molar refractivity (Wildman–Crippen MR) is 137 cm³/mol. The number of likely N-dealkylation sites (N-methyl/N-ethyl adjacent to an activating group) is 1. The van der Waals surface area contributed by atoms with E-state index in [1.54, 1.807) is 30.3 Å². The SMILES string of the molecule is CN(C)CCNC(=O)c1cc(NC(=O)c2cc(-c3ccccn3)c(F)cc2Cl)n(-c2ccccc2)n1. The fourth-order valence-corrected chi connectivity index (χ4v) is 3.69. The first-order chi connectivity index (χ1) is 17.3. The topological polar surface area (TPSA) is 92.2 Å². The summed E-state index contributed by atoms with van der Waals surface area (Å²) < 4.78 is 16.1. The minimum absolute atomic E-state index is 0.0523. The molecular weight excluding hydrogens is 483 g/mol. The van der Waals surface area contributed by atoms with Crippen molar-refractivity contribution in [1.82, 2.24) is 25.0 Å². The Bertz CT molecular complexity index is 1380. The van der Waals surface area contributed by atoms with Gasteiger partial charge in [0.2, 0.25) is 0 Å². The smallest absolute Gasteiger partial charge is 0.271 e. The maximum atomic E-state index is 14.6. The molecular formula is C26H24ClFN6O2. The lowest BCUT2D eigenvalue weighted by atomic mass is 10.1. The van der Waals surface area contributed by atoms with Crippen LogP contribution in [0.4, 0.5) is 10.2 Å². The van der Waals surface area contributed by atoms with Gasteiger partial charge in [0.05, 0.1) is 22.0 Å². The van der Waals surface area contributed by atoms with Gasteiger partial charge in [-0.1, -0.05) is 35.9 Å². The van der Waals surface area contributed by atoms with Crippen molar-refractivity contribution >= 4 is 29.2 Å². The Morgan fingerprint density at radius 2 is 1.78 bits per heavy atom. The van der Waals surface area contributed by atoms with Gasteiger partial charge in [0.1, 0.15) is 11.6 Å². The van der Waals surface area contributed by atoms with Gasteiger partial charge in [-0.05, 0) is 50.5 Å². The Morgan fingerprint density at radius 1 is 1.03 bits per heavy atom. The number of carbonyl (C=O) groups excluding carboxylic acids is 2. The third-order valence-electron chi connectivity index (χ3n) is 5.27. The van der Waals surface area contributed by atoms with Crippen molar-refractivity contribution in [2.24, 2.45) is 0 Å². The van der Waals surface area contributed by atoms with E-state index in [0.29, 0.717) is 24.5 Å². The number of nitrogens with zero attached hydrogens (tertiary/aromatic N) is 4. The van der Waals surface area contributed by atoms with Gasteiger partial charge in [0.25, 0.3) is 11.8 Å². The first-order valence-corrected chi connectivity index (χ1v) is 11.5. The molecule has 0 bridgehead atoms. The molecule has 0 radical (unpaired) electrons. The molecule has 0 fully saturated rings. The van der Waals surface area contributed by atoms with Crippen LogP contribution in [0.25, 0.3) is 16.9 Å². The van der Waals surface area contributed by atoms with E-state index in [-0.39, 0.29) is 33.6 Å². The number of pyridine rings is 1. The summed E-state index contributed by atoms with van der Waals surface area (Å²) in [7, 11) is 3.81. The zero-order chi connectivity index (χ0) is 25.7. The average Bonchev–Trinajstić information content (AvgIpc) is 3.28. The Balaban J connectivity index is 1.66. The maximum Gasteiger partial charge on any atom is 0.271 e. The van der Waals surface area contributed by atoms with Crippen molar-refractivity contribution < 1.29 is 14.0 Å². The summed E-state index contributed by atoms with van der Waals surface area (Å²) in [4.78, 5) is 32.0. The van der Waals surface area contributed by atoms with E-state index < -0.39 is 11.7 Å². The number of halogens is 2. The van der Waals surface area contributed by atoms with Gasteiger partial charge in [-0.2, -0.15) is 5.10 Å². The molecule has 0 aliphatic heterocycles. The van der Waals surface area contributed by atoms with Crippen LogP contribution in [0.1, 0.15) is 20.8 Å². The molecule has 0 spiro atoms. The summed E-state index contributed by atoms with van der Waals surface area (Å²) in [5.41, 5.74) is 1.33. The quantitative estimate of drug-likeness (QED) is 0.372. The second kappa shape index (κ2) is 11.1. The molecule has 184 valence electrons. The van der Waals surface area contributed by atoms with Crippen LogP contribution < -0.4 is 10.6 Å². The van der Waals surface area contributed by atoms with E-state index in [9.17, 15) is 14.0 Å². The van der Waals surface area contributed by atoms with Gasteiger partial charge in [0.15, 0.2) is 5.69 Å². The molecule has 2 N–H and O–H groups in total. The van der Waals surface area contributed by atoms with E-state index in [2.05, 4.69) is 20.7 Å². The fourth-order valence-electron chi connectivity index (χ4n) is 3.46. The van der Waals surface area contributed by atoms with Gasteiger partial charge in [0, 0.05) is 30.9 Å². The van der Waals surface area contributed by atoms with Crippen LogP contribution in [0.2, 0.25) is 5.02 Å². The number of hydrogen-bond acceptors (Lipinski definition) is 5. The average molecular weight is 507 g/mol. The van der Waals surface area contributed by atoms with E-state index >= 15 is 0 Å². The summed E-state index contributed by atoms with van der Waals surface area (Å²) in [6.07, 6.45) is 1.53. The number of para-hydroxylation sites is 1. The summed E-state index contributed by atoms with van der Waals surface area (Å²) in [5.74, 6) is -1.31. The van der Waals surface area contributed by atoms with Gasteiger partial charge in [-0.15, -0.1) is 0 Å². The molecule has 4 rings (SSSR count). The third-order valence-corrected chi connectivity index (χ3v) is 5.58. The number of anilines is 1. The van der Waals surface area contributed by atoms with Crippen molar-refractivity contribution in [2.75, 3.05) is 32.5 Å². The third kappa shape index (κ3) is 5.76. The van der Waals surface area contributed by atoms with Gasteiger partial charge < -0.3 is 15.5 Å². The molecule has 36 heavy (non-hydrogen) atoms. The summed E-state index contributed by atoms with van der Waals surface area (Å²) in [6.45, 7) is 1.10. The number of rotatable bonds is 8. The number of amides is 2. The zero-order valence-corrected chi connectivity index (χ0v) is 20.5. The number of hydrogen-bond donors (Lipinski definition) is 2. The molecule has 0 aliphatic carbocycles. The summed E-state index contributed by atoms with van der Waals surface area (Å²) in [6, 6.07) is 18.0. The lowest BCUT2D eigenvalue weighted by molar-refractivity contribution is 0.0944. The molecule has 2 aromatic heterocycles. The maximum absolute atomic E-state index is 14.6. The molecule has 2 heterocycles. The Hall–Kier alpha value is -4.08. The second-order valence-corrected chi connectivity index (χ2v) is 8.61. The van der Waals surface area contributed by atoms with E-state index in [1.165, 1.54) is 23.0 Å². The number of aromatic nitrogens is 3. The van der Waals surface area contributed by atoms with Crippen LogP contribution in [0.5, 0.6) is 0 Å². The Morgan fingerprint density at radius 3 is 2.47 bits per heavy atom. The highest BCUT2D eigenvalue weighted by Gasteiger charge is 2.21. The highest BCUT2D eigenvalue weighted by Crippen LogP contribution is 2.28. The predicted octanol–water partition coefficient (Wildman–Crippen LogP) is 4.27. The van der Waals surface area contributed by atoms with Crippen LogP contribution in [-0.4, -0.2) is 58.7 Å². The van der Waals surface area contributed by atoms with Crippen molar-refractivity contribution in [1.29, 1.82) is 0 Å². The van der Waals surface area contributed by atoms with Gasteiger partial charge in [-0.3, -0.25) is 14.6 Å². The molecule has 10 heteroatoms. The highest BCUT2D eigenvalue weighted by molar-refractivity contribution is 6.34. The zero-order valence-electron chi connectivity index (χ0n) is 19.7. The van der Waals surface area contributed by atoms with Crippen LogP contribution in [-0.2, 0) is 0 Å². The standard InChI is InChI=1S/C26H24ClFN6O2/c1-33(2)13-12-30-26(36)23-16-24(34(32-23)17-8-4-3-5-9-17)31-25(35)18-14-19(21(28)15-20(18)27)22-10-6-7-11-29-22/h3-11,14-16H,12-13H2,1-2H3,(H,30,36)(H,31,35). The van der Waals surface area contributed by atoms with Crippen molar-refractivity contribution in [3.63, 3.8) is 0 Å². The van der Waals surface area contributed by atoms with Gasteiger partial charge in [-0.25, -0.2) is 9.07 Å². The molecule has 0 saturated heterocycles. The van der Waals surface area contributed by atoms with E-state index in [0.717, 1.165) is 6.07 Å². The first-order valence-electron chi connectivity index (χ1n) is 11.1. The molecule has 4 aromatic rings. The molecule has 0 saturated carbocycles. The van der Waals surface area contributed by atoms with Crippen molar-refractivity contribution in [3.05, 3.63) is 95.0 Å². The molecule has 2 amide bonds. The molecule has 0 aliphatic rings.